The smallest absolute Gasteiger partial charge is 0.184 e. The predicted octanol–water partition coefficient (Wildman–Crippen LogP) is 0.834. The van der Waals surface area contributed by atoms with Gasteiger partial charge >= 0.3 is 0 Å². The van der Waals surface area contributed by atoms with E-state index in [9.17, 15) is 4.79 Å². The van der Waals surface area contributed by atoms with Crippen LogP contribution in [0.2, 0.25) is 0 Å². The van der Waals surface area contributed by atoms with E-state index < -0.39 is 0 Å². The summed E-state index contributed by atoms with van der Waals surface area (Å²) in [4.78, 5) is 12.3. The third-order valence-electron chi connectivity index (χ3n) is 3.02. The molecule has 0 aliphatic carbocycles. The van der Waals surface area contributed by atoms with E-state index in [0.717, 1.165) is 26.2 Å². The molecule has 0 saturated carbocycles. The van der Waals surface area contributed by atoms with E-state index in [2.05, 4.69) is 22.3 Å². The minimum atomic E-state index is -0.356. The van der Waals surface area contributed by atoms with Crippen molar-refractivity contribution >= 4 is 5.78 Å². The van der Waals surface area contributed by atoms with Gasteiger partial charge in [0.1, 0.15) is 6.04 Å². The highest BCUT2D eigenvalue weighted by atomic mass is 16.1. The van der Waals surface area contributed by atoms with E-state index in [1.807, 2.05) is 30.3 Å². The van der Waals surface area contributed by atoms with Gasteiger partial charge in [0.2, 0.25) is 0 Å². The molecule has 96 valence electrons. The maximum absolute atomic E-state index is 12.3. The lowest BCUT2D eigenvalue weighted by molar-refractivity contribution is 0.0866. The average molecular weight is 245 g/mol. The van der Waals surface area contributed by atoms with Crippen LogP contribution in [0.5, 0.6) is 0 Å². The molecular formula is C14H19N3O. The quantitative estimate of drug-likeness (QED) is 0.596. The Hall–Kier alpha value is -1.49. The number of nitrogens with zero attached hydrogens (tertiary/aromatic N) is 1. The first-order chi connectivity index (χ1) is 8.81. The molecule has 1 saturated heterocycles. The van der Waals surface area contributed by atoms with Crippen LogP contribution in [-0.2, 0) is 0 Å². The van der Waals surface area contributed by atoms with Gasteiger partial charge in [-0.25, -0.2) is 10.4 Å². The van der Waals surface area contributed by atoms with Crippen LogP contribution < -0.4 is 10.7 Å². The highest BCUT2D eigenvalue weighted by Crippen LogP contribution is 2.05. The fraction of sp³-hybridized carbons (Fsp3) is 0.357. The van der Waals surface area contributed by atoms with Crippen molar-refractivity contribution in [1.29, 1.82) is 0 Å². The van der Waals surface area contributed by atoms with Crippen LogP contribution in [0, 0.1) is 0 Å². The summed E-state index contributed by atoms with van der Waals surface area (Å²) in [5.41, 5.74) is 3.94. The molecule has 0 radical (unpaired) electrons. The molecule has 1 unspecified atom stereocenters. The lowest BCUT2D eigenvalue weighted by Gasteiger charge is -2.30. The minimum Gasteiger partial charge on any atom is -0.314 e. The topological polar surface area (TPSA) is 44.4 Å². The number of piperazine rings is 1. The molecular weight excluding hydrogens is 226 g/mol. The molecule has 0 aromatic heterocycles. The summed E-state index contributed by atoms with van der Waals surface area (Å²) in [7, 11) is 0. The lowest BCUT2D eigenvalue weighted by atomic mass is 10.1. The van der Waals surface area contributed by atoms with Crippen LogP contribution >= 0.6 is 0 Å². The second kappa shape index (κ2) is 6.44. The Kier molecular flexibility index (Phi) is 4.64. The molecule has 2 N–H and O–H groups in total. The van der Waals surface area contributed by atoms with Gasteiger partial charge in [-0.3, -0.25) is 4.79 Å². The van der Waals surface area contributed by atoms with Crippen molar-refractivity contribution in [3.05, 3.63) is 48.6 Å². The summed E-state index contributed by atoms with van der Waals surface area (Å²) in [6.45, 7) is 7.42. The molecule has 2 rings (SSSR count). The molecule has 0 bridgehead atoms. The molecule has 1 heterocycles. The number of carbonyl (C=O) groups excluding carboxylic acids is 1. The number of carbonyl (C=O) groups is 1. The molecule has 18 heavy (non-hydrogen) atoms. The maximum Gasteiger partial charge on any atom is 0.184 e. The zero-order chi connectivity index (χ0) is 12.8. The zero-order valence-electron chi connectivity index (χ0n) is 10.4. The normalized spacial score (nSPS) is 18.2. The Morgan fingerprint density at radius 2 is 2.00 bits per heavy atom. The lowest BCUT2D eigenvalue weighted by Crippen LogP contribution is -2.54. The van der Waals surface area contributed by atoms with E-state index in [4.69, 9.17) is 0 Å². The number of nitrogens with one attached hydrogen (secondary N) is 2. The van der Waals surface area contributed by atoms with E-state index >= 15 is 0 Å². The van der Waals surface area contributed by atoms with Crippen molar-refractivity contribution in [3.63, 3.8) is 0 Å². The Morgan fingerprint density at radius 3 is 2.61 bits per heavy atom. The Labute approximate surface area is 108 Å². The molecule has 0 spiro atoms. The molecule has 1 fully saturated rings. The molecule has 4 nitrogen and oxygen atoms in total. The van der Waals surface area contributed by atoms with Crippen LogP contribution in [0.4, 0.5) is 0 Å². The van der Waals surface area contributed by atoms with E-state index in [-0.39, 0.29) is 11.8 Å². The van der Waals surface area contributed by atoms with Gasteiger partial charge in [-0.05, 0) is 0 Å². The molecule has 4 heteroatoms. The average Bonchev–Trinajstić information content (AvgIpc) is 2.46. The highest BCUT2D eigenvalue weighted by Gasteiger charge is 2.20. The third kappa shape index (κ3) is 3.26. The van der Waals surface area contributed by atoms with Gasteiger partial charge in [-0.2, -0.15) is 0 Å². The van der Waals surface area contributed by atoms with Gasteiger partial charge in [-0.15, -0.1) is 6.58 Å². The standard InChI is InChI=1S/C14H19N3O/c1-2-13(16-17-10-8-15-9-11-17)14(18)12-6-4-3-5-7-12/h2-7,13,15-16H,1,8-11H2. The minimum absolute atomic E-state index is 0.0594. The Morgan fingerprint density at radius 1 is 1.33 bits per heavy atom. The van der Waals surface area contributed by atoms with Crippen LogP contribution in [0.1, 0.15) is 10.4 Å². The first-order valence-electron chi connectivity index (χ1n) is 6.25. The number of hydrogen-bond acceptors (Lipinski definition) is 4. The number of hydrazine groups is 1. The highest BCUT2D eigenvalue weighted by molar-refractivity contribution is 6.01. The van der Waals surface area contributed by atoms with E-state index in [1.165, 1.54) is 0 Å². The van der Waals surface area contributed by atoms with Gasteiger partial charge < -0.3 is 5.32 Å². The maximum atomic E-state index is 12.3. The van der Waals surface area contributed by atoms with Crippen molar-refractivity contribution < 1.29 is 4.79 Å². The second-order valence-electron chi connectivity index (χ2n) is 4.31. The van der Waals surface area contributed by atoms with Crippen molar-refractivity contribution in [2.24, 2.45) is 0 Å². The van der Waals surface area contributed by atoms with Crippen LogP contribution in [0.25, 0.3) is 0 Å². The van der Waals surface area contributed by atoms with Crippen LogP contribution in [0.3, 0.4) is 0 Å². The SMILES string of the molecule is C=CC(NN1CCNCC1)C(=O)c1ccccc1. The van der Waals surface area contributed by atoms with Crippen molar-refractivity contribution in [3.8, 4) is 0 Å². The fourth-order valence-corrected chi connectivity index (χ4v) is 1.99. The monoisotopic (exact) mass is 245 g/mol. The summed E-state index contributed by atoms with van der Waals surface area (Å²) in [6.07, 6.45) is 1.66. The van der Waals surface area contributed by atoms with Crippen LogP contribution in [-0.4, -0.2) is 43.0 Å². The predicted molar refractivity (Wildman–Crippen MR) is 72.3 cm³/mol. The summed E-state index contributed by atoms with van der Waals surface area (Å²) >= 11 is 0. The van der Waals surface area contributed by atoms with Gasteiger partial charge in [0.05, 0.1) is 0 Å². The second-order valence-corrected chi connectivity index (χ2v) is 4.31. The number of hydrogen-bond donors (Lipinski definition) is 2. The van der Waals surface area contributed by atoms with Crippen molar-refractivity contribution in [2.45, 2.75) is 6.04 Å². The third-order valence-corrected chi connectivity index (χ3v) is 3.02. The summed E-state index contributed by atoms with van der Waals surface area (Å²) in [5, 5.41) is 5.35. The Balaban J connectivity index is 1.99. The largest absolute Gasteiger partial charge is 0.314 e. The number of ketones is 1. The zero-order valence-corrected chi connectivity index (χ0v) is 10.4. The van der Waals surface area contributed by atoms with Gasteiger partial charge in [-0.1, -0.05) is 36.4 Å². The summed E-state index contributed by atoms with van der Waals surface area (Å²) in [5.74, 6) is 0.0594. The molecule has 1 aromatic rings. The molecule has 0 amide bonds. The van der Waals surface area contributed by atoms with Crippen molar-refractivity contribution in [2.75, 3.05) is 26.2 Å². The molecule has 1 atom stereocenters. The molecule has 1 aliphatic heterocycles. The molecule has 1 aliphatic rings. The number of benzene rings is 1. The van der Waals surface area contributed by atoms with E-state index in [1.54, 1.807) is 6.08 Å². The van der Waals surface area contributed by atoms with Crippen molar-refractivity contribution in [1.82, 2.24) is 15.8 Å². The first-order valence-corrected chi connectivity index (χ1v) is 6.25. The summed E-state index contributed by atoms with van der Waals surface area (Å²) in [6, 6.07) is 8.96. The van der Waals surface area contributed by atoms with Gasteiger partial charge in [0, 0.05) is 31.7 Å². The first kappa shape index (κ1) is 13.0. The van der Waals surface area contributed by atoms with E-state index in [0.29, 0.717) is 5.56 Å². The van der Waals surface area contributed by atoms with Gasteiger partial charge in [0.15, 0.2) is 5.78 Å². The number of rotatable bonds is 5. The Bertz CT molecular complexity index is 399. The van der Waals surface area contributed by atoms with Gasteiger partial charge in [0.25, 0.3) is 0 Å². The molecule has 1 aromatic carbocycles. The fourth-order valence-electron chi connectivity index (χ4n) is 1.99. The van der Waals surface area contributed by atoms with Crippen LogP contribution in [0.15, 0.2) is 43.0 Å². The number of Topliss-reactive ketones (excluding diaryl/α,β-unsaturated/α-hetero) is 1. The summed E-state index contributed by atoms with van der Waals surface area (Å²) < 4.78 is 0.